The molecule has 1 aliphatic rings. The van der Waals surface area contributed by atoms with Crippen molar-refractivity contribution < 1.29 is 14.2 Å². The number of nitrogens with one attached hydrogen (secondary N) is 1. The molecule has 0 radical (unpaired) electrons. The first-order chi connectivity index (χ1) is 8.78. The fraction of sp³-hybridized carbons (Fsp3) is 0.571. The standard InChI is InChI=1S/C14H21NO3/c1-4-11-9-18-14(8-15-11)10-5-6-12(16-2)13(7-10)17-3/h5-7,11,14-15H,4,8-9H2,1-3H3. The Labute approximate surface area is 108 Å². The number of morpholine rings is 1. The first-order valence-corrected chi connectivity index (χ1v) is 6.35. The zero-order chi connectivity index (χ0) is 13.0. The van der Waals surface area contributed by atoms with Crippen LogP contribution in [0.5, 0.6) is 11.5 Å². The van der Waals surface area contributed by atoms with Crippen LogP contribution in [0.2, 0.25) is 0 Å². The largest absolute Gasteiger partial charge is 0.493 e. The Hall–Kier alpha value is -1.26. The van der Waals surface area contributed by atoms with E-state index in [0.29, 0.717) is 6.04 Å². The van der Waals surface area contributed by atoms with Crippen LogP contribution in [0, 0.1) is 0 Å². The van der Waals surface area contributed by atoms with E-state index in [1.54, 1.807) is 14.2 Å². The molecule has 0 saturated carbocycles. The van der Waals surface area contributed by atoms with Gasteiger partial charge in [-0.3, -0.25) is 0 Å². The summed E-state index contributed by atoms with van der Waals surface area (Å²) in [6.07, 6.45) is 1.19. The molecule has 1 N–H and O–H groups in total. The Morgan fingerprint density at radius 3 is 2.61 bits per heavy atom. The third kappa shape index (κ3) is 2.76. The SMILES string of the molecule is CCC1COC(c2ccc(OC)c(OC)c2)CN1. The van der Waals surface area contributed by atoms with Crippen molar-refractivity contribution in [2.24, 2.45) is 0 Å². The normalized spacial score (nSPS) is 23.7. The molecule has 1 heterocycles. The maximum absolute atomic E-state index is 5.88. The van der Waals surface area contributed by atoms with Crippen molar-refractivity contribution in [1.29, 1.82) is 0 Å². The topological polar surface area (TPSA) is 39.7 Å². The van der Waals surface area contributed by atoms with Gasteiger partial charge >= 0.3 is 0 Å². The highest BCUT2D eigenvalue weighted by Gasteiger charge is 2.22. The highest BCUT2D eigenvalue weighted by atomic mass is 16.5. The zero-order valence-corrected chi connectivity index (χ0v) is 11.2. The molecule has 0 bridgehead atoms. The van der Waals surface area contributed by atoms with E-state index in [-0.39, 0.29) is 6.10 Å². The average molecular weight is 251 g/mol. The molecule has 1 aromatic rings. The predicted octanol–water partition coefficient (Wildman–Crippen LogP) is 2.14. The van der Waals surface area contributed by atoms with Crippen LogP contribution in [0.25, 0.3) is 0 Å². The average Bonchev–Trinajstić information content (AvgIpc) is 2.46. The van der Waals surface area contributed by atoms with E-state index in [2.05, 4.69) is 12.2 Å². The molecule has 2 atom stereocenters. The third-order valence-electron chi connectivity index (χ3n) is 3.36. The van der Waals surface area contributed by atoms with Crippen molar-refractivity contribution in [2.75, 3.05) is 27.4 Å². The predicted molar refractivity (Wildman–Crippen MR) is 70.3 cm³/mol. The molecule has 4 heteroatoms. The lowest BCUT2D eigenvalue weighted by atomic mass is 10.1. The minimum atomic E-state index is 0.0904. The van der Waals surface area contributed by atoms with Crippen molar-refractivity contribution in [3.05, 3.63) is 23.8 Å². The summed E-state index contributed by atoms with van der Waals surface area (Å²) in [6, 6.07) is 6.40. The molecule has 100 valence electrons. The van der Waals surface area contributed by atoms with Gasteiger partial charge in [-0.25, -0.2) is 0 Å². The highest BCUT2D eigenvalue weighted by molar-refractivity contribution is 5.43. The van der Waals surface area contributed by atoms with Crippen molar-refractivity contribution in [3.8, 4) is 11.5 Å². The zero-order valence-electron chi connectivity index (χ0n) is 11.2. The Bertz CT molecular complexity index is 387. The minimum absolute atomic E-state index is 0.0904. The summed E-state index contributed by atoms with van der Waals surface area (Å²) < 4.78 is 16.4. The lowest BCUT2D eigenvalue weighted by Crippen LogP contribution is -2.42. The molecule has 0 aliphatic carbocycles. The molecule has 0 aromatic heterocycles. The van der Waals surface area contributed by atoms with Gasteiger partial charge in [0.05, 0.1) is 26.9 Å². The van der Waals surface area contributed by atoms with Gasteiger partial charge in [-0.2, -0.15) is 0 Å². The number of rotatable bonds is 4. The number of hydrogen-bond donors (Lipinski definition) is 1. The van der Waals surface area contributed by atoms with E-state index in [1.807, 2.05) is 18.2 Å². The maximum atomic E-state index is 5.88. The molecule has 1 fully saturated rings. The molecular weight excluding hydrogens is 230 g/mol. The van der Waals surface area contributed by atoms with E-state index in [1.165, 1.54) is 0 Å². The summed E-state index contributed by atoms with van der Waals surface area (Å²) in [5.74, 6) is 1.49. The van der Waals surface area contributed by atoms with Crippen LogP contribution in [0.3, 0.4) is 0 Å². The number of hydrogen-bond acceptors (Lipinski definition) is 4. The quantitative estimate of drug-likeness (QED) is 0.890. The summed E-state index contributed by atoms with van der Waals surface area (Å²) >= 11 is 0. The van der Waals surface area contributed by atoms with Crippen molar-refractivity contribution in [1.82, 2.24) is 5.32 Å². The Morgan fingerprint density at radius 2 is 2.06 bits per heavy atom. The molecule has 2 unspecified atom stereocenters. The molecule has 18 heavy (non-hydrogen) atoms. The van der Waals surface area contributed by atoms with Gasteiger partial charge < -0.3 is 19.5 Å². The van der Waals surface area contributed by atoms with Crippen molar-refractivity contribution in [2.45, 2.75) is 25.5 Å². The Morgan fingerprint density at radius 1 is 1.28 bits per heavy atom. The first kappa shape index (κ1) is 13.2. The lowest BCUT2D eigenvalue weighted by Gasteiger charge is -2.30. The molecule has 4 nitrogen and oxygen atoms in total. The van der Waals surface area contributed by atoms with Crippen LogP contribution in [0.4, 0.5) is 0 Å². The monoisotopic (exact) mass is 251 g/mol. The molecular formula is C14H21NO3. The summed E-state index contributed by atoms with van der Waals surface area (Å²) in [5, 5.41) is 3.49. The van der Waals surface area contributed by atoms with E-state index >= 15 is 0 Å². The van der Waals surface area contributed by atoms with E-state index < -0.39 is 0 Å². The Balaban J connectivity index is 2.09. The second-order valence-corrected chi connectivity index (χ2v) is 4.45. The van der Waals surface area contributed by atoms with Gasteiger partial charge in [0, 0.05) is 12.6 Å². The smallest absolute Gasteiger partial charge is 0.161 e. The van der Waals surface area contributed by atoms with Crippen LogP contribution in [-0.4, -0.2) is 33.4 Å². The van der Waals surface area contributed by atoms with Gasteiger partial charge in [0.2, 0.25) is 0 Å². The second kappa shape index (κ2) is 6.07. The lowest BCUT2D eigenvalue weighted by molar-refractivity contribution is 0.00211. The number of methoxy groups -OCH3 is 2. The molecule has 1 saturated heterocycles. The van der Waals surface area contributed by atoms with Gasteiger partial charge in [0.15, 0.2) is 11.5 Å². The minimum Gasteiger partial charge on any atom is -0.493 e. The third-order valence-corrected chi connectivity index (χ3v) is 3.36. The summed E-state index contributed by atoms with van der Waals surface area (Å²) in [4.78, 5) is 0. The summed E-state index contributed by atoms with van der Waals surface area (Å²) in [6.45, 7) is 3.77. The van der Waals surface area contributed by atoms with Crippen LogP contribution in [0.1, 0.15) is 25.0 Å². The van der Waals surface area contributed by atoms with Gasteiger partial charge in [-0.1, -0.05) is 13.0 Å². The van der Waals surface area contributed by atoms with E-state index in [9.17, 15) is 0 Å². The fourth-order valence-corrected chi connectivity index (χ4v) is 2.15. The van der Waals surface area contributed by atoms with Gasteiger partial charge in [-0.05, 0) is 24.1 Å². The molecule has 2 rings (SSSR count). The summed E-state index contributed by atoms with van der Waals surface area (Å²) in [5.41, 5.74) is 1.12. The van der Waals surface area contributed by atoms with E-state index in [0.717, 1.165) is 36.6 Å². The summed E-state index contributed by atoms with van der Waals surface area (Å²) in [7, 11) is 3.29. The highest BCUT2D eigenvalue weighted by Crippen LogP contribution is 2.31. The Kier molecular flexibility index (Phi) is 4.44. The maximum Gasteiger partial charge on any atom is 0.161 e. The van der Waals surface area contributed by atoms with Gasteiger partial charge in [0.25, 0.3) is 0 Å². The van der Waals surface area contributed by atoms with Crippen LogP contribution in [-0.2, 0) is 4.74 Å². The number of ether oxygens (including phenoxy) is 3. The van der Waals surface area contributed by atoms with Crippen molar-refractivity contribution >= 4 is 0 Å². The number of benzene rings is 1. The second-order valence-electron chi connectivity index (χ2n) is 4.45. The first-order valence-electron chi connectivity index (χ1n) is 6.35. The van der Waals surface area contributed by atoms with Crippen LogP contribution >= 0.6 is 0 Å². The molecule has 0 amide bonds. The van der Waals surface area contributed by atoms with Crippen molar-refractivity contribution in [3.63, 3.8) is 0 Å². The van der Waals surface area contributed by atoms with Crippen LogP contribution < -0.4 is 14.8 Å². The molecule has 1 aromatic carbocycles. The van der Waals surface area contributed by atoms with Gasteiger partial charge in [-0.15, -0.1) is 0 Å². The molecule has 1 aliphatic heterocycles. The van der Waals surface area contributed by atoms with Gasteiger partial charge in [0.1, 0.15) is 0 Å². The molecule has 0 spiro atoms. The fourth-order valence-electron chi connectivity index (χ4n) is 2.15. The van der Waals surface area contributed by atoms with Crippen LogP contribution in [0.15, 0.2) is 18.2 Å². The van der Waals surface area contributed by atoms with E-state index in [4.69, 9.17) is 14.2 Å².